The second-order valence-electron chi connectivity index (χ2n) is 5.89. The number of hydrogen-bond acceptors (Lipinski definition) is 2. The third kappa shape index (κ3) is 3.10. The monoisotopic (exact) mass is 291 g/mol. The van der Waals surface area contributed by atoms with Gasteiger partial charge in [-0.15, -0.1) is 0 Å². The maximum atomic E-state index is 4.82. The van der Waals surface area contributed by atoms with Crippen LogP contribution in [0, 0.1) is 6.92 Å². The molecule has 0 fully saturated rings. The van der Waals surface area contributed by atoms with Gasteiger partial charge in [-0.3, -0.25) is 0 Å². The molecule has 3 heteroatoms. The molecule has 1 aromatic heterocycles. The molecule has 0 unspecified atom stereocenters. The van der Waals surface area contributed by atoms with E-state index in [1.165, 1.54) is 11.1 Å². The summed E-state index contributed by atoms with van der Waals surface area (Å²) in [4.78, 5) is 2.17. The first-order valence-corrected chi connectivity index (χ1v) is 7.49. The summed E-state index contributed by atoms with van der Waals surface area (Å²) >= 11 is 0. The second-order valence-corrected chi connectivity index (χ2v) is 5.89. The largest absolute Gasteiger partial charge is 0.305 e. The molecule has 3 nitrogen and oxygen atoms in total. The van der Waals surface area contributed by atoms with E-state index in [9.17, 15) is 0 Å². The van der Waals surface area contributed by atoms with Gasteiger partial charge in [0.25, 0.3) is 0 Å². The molecule has 2 aromatic carbocycles. The molecule has 0 N–H and O–H groups in total. The fraction of sp³-hybridized carbons (Fsp3) is 0.211. The van der Waals surface area contributed by atoms with Crippen molar-refractivity contribution in [3.05, 3.63) is 71.9 Å². The van der Waals surface area contributed by atoms with E-state index in [-0.39, 0.29) is 0 Å². The maximum Gasteiger partial charge on any atom is 0.0972 e. The van der Waals surface area contributed by atoms with Crippen molar-refractivity contribution in [1.29, 1.82) is 0 Å². The van der Waals surface area contributed by atoms with Crippen LogP contribution in [0.1, 0.15) is 11.1 Å². The van der Waals surface area contributed by atoms with Crippen LogP contribution in [0.4, 0.5) is 0 Å². The van der Waals surface area contributed by atoms with Crippen molar-refractivity contribution in [2.75, 3.05) is 14.1 Å². The molecule has 0 spiro atoms. The van der Waals surface area contributed by atoms with Gasteiger partial charge in [-0.25, -0.2) is 4.68 Å². The zero-order valence-corrected chi connectivity index (χ0v) is 13.3. The van der Waals surface area contributed by atoms with Gasteiger partial charge < -0.3 is 4.90 Å². The molecule has 1 heterocycles. The molecule has 3 rings (SSSR count). The first-order chi connectivity index (χ1) is 10.6. The van der Waals surface area contributed by atoms with E-state index < -0.39 is 0 Å². The summed E-state index contributed by atoms with van der Waals surface area (Å²) in [6, 6.07) is 18.8. The van der Waals surface area contributed by atoms with E-state index in [1.807, 2.05) is 22.9 Å². The highest BCUT2D eigenvalue weighted by molar-refractivity contribution is 5.63. The van der Waals surface area contributed by atoms with Gasteiger partial charge in [0.15, 0.2) is 0 Å². The molecule has 0 radical (unpaired) electrons. The lowest BCUT2D eigenvalue weighted by atomic mass is 10.1. The van der Waals surface area contributed by atoms with Crippen molar-refractivity contribution in [1.82, 2.24) is 14.7 Å². The summed E-state index contributed by atoms with van der Waals surface area (Å²) < 4.78 is 1.97. The molecule has 0 atom stereocenters. The van der Waals surface area contributed by atoms with Crippen molar-refractivity contribution in [3.8, 4) is 16.9 Å². The smallest absolute Gasteiger partial charge is 0.0972 e. The molecule has 112 valence electrons. The van der Waals surface area contributed by atoms with E-state index in [1.54, 1.807) is 0 Å². The van der Waals surface area contributed by atoms with Gasteiger partial charge >= 0.3 is 0 Å². The normalized spacial score (nSPS) is 11.1. The Morgan fingerprint density at radius 2 is 1.64 bits per heavy atom. The minimum absolute atomic E-state index is 0.871. The molecule has 0 saturated carbocycles. The first kappa shape index (κ1) is 14.5. The fourth-order valence-corrected chi connectivity index (χ4v) is 2.53. The van der Waals surface area contributed by atoms with Crippen LogP contribution in [0.5, 0.6) is 0 Å². The molecule has 0 amide bonds. The van der Waals surface area contributed by atoms with Crippen LogP contribution in [0.25, 0.3) is 16.9 Å². The summed E-state index contributed by atoms with van der Waals surface area (Å²) in [7, 11) is 4.16. The van der Waals surface area contributed by atoms with Crippen LogP contribution in [-0.2, 0) is 6.54 Å². The third-order valence-corrected chi connectivity index (χ3v) is 3.62. The third-order valence-electron chi connectivity index (χ3n) is 3.62. The molecule has 0 saturated heterocycles. The number of rotatable bonds is 4. The molecule has 0 aliphatic heterocycles. The van der Waals surface area contributed by atoms with E-state index in [0.717, 1.165) is 23.5 Å². The Hall–Kier alpha value is -2.39. The molecule has 22 heavy (non-hydrogen) atoms. The molecule has 0 bridgehead atoms. The van der Waals surface area contributed by atoms with Gasteiger partial charge in [0.05, 0.1) is 11.4 Å². The number of aryl methyl sites for hydroxylation is 1. The summed E-state index contributed by atoms with van der Waals surface area (Å²) in [6.45, 7) is 2.98. The zero-order valence-electron chi connectivity index (χ0n) is 13.3. The quantitative estimate of drug-likeness (QED) is 0.726. The Bertz CT molecular complexity index is 740. The Morgan fingerprint density at radius 1 is 0.955 bits per heavy atom. The van der Waals surface area contributed by atoms with E-state index >= 15 is 0 Å². The summed E-state index contributed by atoms with van der Waals surface area (Å²) in [5.41, 5.74) is 5.80. The van der Waals surface area contributed by atoms with E-state index in [2.05, 4.69) is 68.5 Å². The molecule has 0 aliphatic carbocycles. The Labute approximate surface area is 131 Å². The Balaban J connectivity index is 2.07. The number of para-hydroxylation sites is 1. The molecule has 0 aliphatic rings. The van der Waals surface area contributed by atoms with Crippen molar-refractivity contribution in [3.63, 3.8) is 0 Å². The SMILES string of the molecule is Cc1ccc(-c2nn(-c3ccccc3)cc2CN(C)C)cc1. The average molecular weight is 291 g/mol. The fourth-order valence-electron chi connectivity index (χ4n) is 2.53. The zero-order chi connectivity index (χ0) is 15.5. The lowest BCUT2D eigenvalue weighted by Gasteiger charge is -2.09. The van der Waals surface area contributed by atoms with Crippen LogP contribution in [0.3, 0.4) is 0 Å². The van der Waals surface area contributed by atoms with Crippen LogP contribution in [-0.4, -0.2) is 28.8 Å². The lowest BCUT2D eigenvalue weighted by Crippen LogP contribution is -2.10. The van der Waals surface area contributed by atoms with Crippen LogP contribution in [0.2, 0.25) is 0 Å². The highest BCUT2D eigenvalue weighted by Gasteiger charge is 2.12. The Kier molecular flexibility index (Phi) is 4.07. The second kappa shape index (κ2) is 6.16. The van der Waals surface area contributed by atoms with Crippen molar-refractivity contribution < 1.29 is 0 Å². The van der Waals surface area contributed by atoms with Gasteiger partial charge in [0.1, 0.15) is 0 Å². The van der Waals surface area contributed by atoms with Gasteiger partial charge in [0.2, 0.25) is 0 Å². The Morgan fingerprint density at radius 3 is 2.27 bits per heavy atom. The number of aromatic nitrogens is 2. The van der Waals surface area contributed by atoms with E-state index in [0.29, 0.717) is 0 Å². The maximum absolute atomic E-state index is 4.82. The standard InChI is InChI=1S/C19H21N3/c1-15-9-11-16(12-10-15)19-17(13-21(2)3)14-22(20-19)18-7-5-4-6-8-18/h4-12,14H,13H2,1-3H3. The topological polar surface area (TPSA) is 21.1 Å². The highest BCUT2D eigenvalue weighted by atomic mass is 15.3. The minimum atomic E-state index is 0.871. The van der Waals surface area contributed by atoms with Gasteiger partial charge in [-0.05, 0) is 33.2 Å². The number of benzene rings is 2. The van der Waals surface area contributed by atoms with Crippen molar-refractivity contribution in [2.24, 2.45) is 0 Å². The molecule has 3 aromatic rings. The molecular formula is C19H21N3. The average Bonchev–Trinajstić information content (AvgIpc) is 2.92. The lowest BCUT2D eigenvalue weighted by molar-refractivity contribution is 0.403. The summed E-state index contributed by atoms with van der Waals surface area (Å²) in [5.74, 6) is 0. The van der Waals surface area contributed by atoms with Crippen molar-refractivity contribution >= 4 is 0 Å². The predicted molar refractivity (Wildman–Crippen MR) is 91.1 cm³/mol. The number of nitrogens with zero attached hydrogens (tertiary/aromatic N) is 3. The molecular weight excluding hydrogens is 270 g/mol. The predicted octanol–water partition coefficient (Wildman–Crippen LogP) is 3.91. The highest BCUT2D eigenvalue weighted by Crippen LogP contribution is 2.25. The minimum Gasteiger partial charge on any atom is -0.305 e. The first-order valence-electron chi connectivity index (χ1n) is 7.49. The van der Waals surface area contributed by atoms with Gasteiger partial charge in [0, 0.05) is 23.9 Å². The van der Waals surface area contributed by atoms with Crippen LogP contribution >= 0.6 is 0 Å². The van der Waals surface area contributed by atoms with Crippen LogP contribution in [0.15, 0.2) is 60.8 Å². The van der Waals surface area contributed by atoms with Crippen LogP contribution < -0.4 is 0 Å². The van der Waals surface area contributed by atoms with Gasteiger partial charge in [-0.1, -0.05) is 48.0 Å². The summed E-state index contributed by atoms with van der Waals surface area (Å²) in [6.07, 6.45) is 2.13. The number of hydrogen-bond donors (Lipinski definition) is 0. The van der Waals surface area contributed by atoms with E-state index in [4.69, 9.17) is 5.10 Å². The van der Waals surface area contributed by atoms with Crippen molar-refractivity contribution in [2.45, 2.75) is 13.5 Å². The summed E-state index contributed by atoms with van der Waals surface area (Å²) in [5, 5.41) is 4.82. The van der Waals surface area contributed by atoms with Gasteiger partial charge in [-0.2, -0.15) is 5.10 Å².